The van der Waals surface area contributed by atoms with Gasteiger partial charge < -0.3 is 14.6 Å². The molecule has 0 heterocycles. The van der Waals surface area contributed by atoms with Gasteiger partial charge in [-0.15, -0.1) is 0 Å². The molecular formula is C17H24O4. The van der Waals surface area contributed by atoms with Crippen LogP contribution in [0.3, 0.4) is 0 Å². The predicted octanol–water partition coefficient (Wildman–Crippen LogP) is 3.75. The van der Waals surface area contributed by atoms with Crippen molar-refractivity contribution < 1.29 is 19.4 Å². The van der Waals surface area contributed by atoms with Crippen LogP contribution in [0.5, 0.6) is 5.75 Å². The topological polar surface area (TPSA) is 55.8 Å². The third-order valence-electron chi connectivity index (χ3n) is 3.08. The molecular weight excluding hydrogens is 268 g/mol. The minimum Gasteiger partial charge on any atom is -0.497 e. The van der Waals surface area contributed by atoms with Crippen LogP contribution in [0.25, 0.3) is 6.08 Å². The molecule has 1 aromatic rings. The molecule has 0 aromatic heterocycles. The molecule has 0 atom stereocenters. The van der Waals surface area contributed by atoms with Crippen LogP contribution < -0.4 is 4.74 Å². The van der Waals surface area contributed by atoms with Crippen molar-refractivity contribution in [3.8, 4) is 5.75 Å². The molecule has 0 aliphatic rings. The molecule has 4 nitrogen and oxygen atoms in total. The molecule has 21 heavy (non-hydrogen) atoms. The standard InChI is InChI=1S/C17H24O4/c1-13(2)5-4-10-21-12-15-11-16(20-3)8-6-14(15)7-9-17(18)19/h6-9,11,13H,4-5,10,12H2,1-3H3,(H,18,19). The first-order valence-corrected chi connectivity index (χ1v) is 7.18. The molecule has 1 N–H and O–H groups in total. The molecule has 0 spiro atoms. The normalized spacial score (nSPS) is 11.2. The van der Waals surface area contributed by atoms with Crippen LogP contribution in [0.2, 0.25) is 0 Å². The summed E-state index contributed by atoms with van der Waals surface area (Å²) in [7, 11) is 1.61. The maximum atomic E-state index is 10.6. The van der Waals surface area contributed by atoms with Gasteiger partial charge in [-0.2, -0.15) is 0 Å². The fraction of sp³-hybridized carbons (Fsp3) is 0.471. The predicted molar refractivity (Wildman–Crippen MR) is 83.4 cm³/mol. The van der Waals surface area contributed by atoms with E-state index in [0.29, 0.717) is 19.1 Å². The first-order valence-electron chi connectivity index (χ1n) is 7.18. The Bertz CT molecular complexity index is 478. The summed E-state index contributed by atoms with van der Waals surface area (Å²) in [6, 6.07) is 5.53. The molecule has 0 fully saturated rings. The monoisotopic (exact) mass is 292 g/mol. The molecule has 0 radical (unpaired) electrons. The van der Waals surface area contributed by atoms with E-state index in [0.717, 1.165) is 35.8 Å². The molecule has 0 aliphatic heterocycles. The van der Waals surface area contributed by atoms with Crippen molar-refractivity contribution in [2.24, 2.45) is 5.92 Å². The summed E-state index contributed by atoms with van der Waals surface area (Å²) in [5.74, 6) is 0.456. The maximum Gasteiger partial charge on any atom is 0.328 e. The van der Waals surface area contributed by atoms with E-state index in [1.54, 1.807) is 13.2 Å². The van der Waals surface area contributed by atoms with Gasteiger partial charge in [-0.1, -0.05) is 19.9 Å². The largest absolute Gasteiger partial charge is 0.497 e. The quantitative estimate of drug-likeness (QED) is 0.556. The van der Waals surface area contributed by atoms with Crippen LogP contribution in [0, 0.1) is 5.92 Å². The van der Waals surface area contributed by atoms with Crippen LogP contribution in [0.15, 0.2) is 24.3 Å². The van der Waals surface area contributed by atoms with Gasteiger partial charge in [0.1, 0.15) is 5.75 Å². The number of hydrogen-bond acceptors (Lipinski definition) is 3. The van der Waals surface area contributed by atoms with Crippen molar-refractivity contribution in [1.29, 1.82) is 0 Å². The summed E-state index contributed by atoms with van der Waals surface area (Å²) in [6.07, 6.45) is 4.88. The third kappa shape index (κ3) is 6.95. The van der Waals surface area contributed by atoms with Crippen LogP contribution >= 0.6 is 0 Å². The number of rotatable bonds is 9. The Morgan fingerprint density at radius 2 is 2.14 bits per heavy atom. The Morgan fingerprint density at radius 3 is 2.76 bits per heavy atom. The van der Waals surface area contributed by atoms with E-state index in [4.69, 9.17) is 14.6 Å². The fourth-order valence-corrected chi connectivity index (χ4v) is 1.93. The Morgan fingerprint density at radius 1 is 1.38 bits per heavy atom. The Labute approximate surface area is 126 Å². The average molecular weight is 292 g/mol. The van der Waals surface area contributed by atoms with E-state index >= 15 is 0 Å². The summed E-state index contributed by atoms with van der Waals surface area (Å²) in [5.41, 5.74) is 1.76. The first-order chi connectivity index (χ1) is 10.0. The summed E-state index contributed by atoms with van der Waals surface area (Å²) in [4.78, 5) is 10.6. The summed E-state index contributed by atoms with van der Waals surface area (Å²) >= 11 is 0. The zero-order valence-electron chi connectivity index (χ0n) is 13.0. The van der Waals surface area contributed by atoms with Gasteiger partial charge in [0.2, 0.25) is 0 Å². The second-order valence-electron chi connectivity index (χ2n) is 5.32. The number of ether oxygens (including phenoxy) is 2. The van der Waals surface area contributed by atoms with Crippen molar-refractivity contribution in [1.82, 2.24) is 0 Å². The smallest absolute Gasteiger partial charge is 0.328 e. The number of carboxylic acid groups (broad SMARTS) is 1. The van der Waals surface area contributed by atoms with Gasteiger partial charge in [-0.3, -0.25) is 0 Å². The summed E-state index contributed by atoms with van der Waals surface area (Å²) in [5, 5.41) is 8.72. The number of methoxy groups -OCH3 is 1. The second kappa shape index (κ2) is 9.19. The Hall–Kier alpha value is -1.81. The molecule has 116 valence electrons. The van der Waals surface area contributed by atoms with Crippen molar-refractivity contribution in [2.75, 3.05) is 13.7 Å². The number of benzene rings is 1. The van der Waals surface area contributed by atoms with E-state index in [9.17, 15) is 4.79 Å². The van der Waals surface area contributed by atoms with Gasteiger partial charge in [0.25, 0.3) is 0 Å². The molecule has 0 saturated heterocycles. The molecule has 0 bridgehead atoms. The zero-order valence-corrected chi connectivity index (χ0v) is 13.0. The number of carboxylic acids is 1. The van der Waals surface area contributed by atoms with Gasteiger partial charge in [-0.05, 0) is 48.1 Å². The molecule has 0 amide bonds. The van der Waals surface area contributed by atoms with Crippen LogP contribution in [0.1, 0.15) is 37.8 Å². The van der Waals surface area contributed by atoms with Crippen LogP contribution in [0.4, 0.5) is 0 Å². The van der Waals surface area contributed by atoms with Crippen molar-refractivity contribution in [3.05, 3.63) is 35.4 Å². The summed E-state index contributed by atoms with van der Waals surface area (Å²) < 4.78 is 10.9. The van der Waals surface area contributed by atoms with E-state index in [2.05, 4.69) is 13.8 Å². The Balaban J connectivity index is 2.66. The molecule has 0 saturated carbocycles. The molecule has 0 unspecified atom stereocenters. The minimum absolute atomic E-state index is 0.453. The van der Waals surface area contributed by atoms with Crippen LogP contribution in [-0.2, 0) is 16.1 Å². The highest BCUT2D eigenvalue weighted by Crippen LogP contribution is 2.20. The van der Waals surface area contributed by atoms with Gasteiger partial charge in [0.05, 0.1) is 13.7 Å². The fourth-order valence-electron chi connectivity index (χ4n) is 1.93. The van der Waals surface area contributed by atoms with E-state index in [1.807, 2.05) is 18.2 Å². The minimum atomic E-state index is -0.963. The lowest BCUT2D eigenvalue weighted by Gasteiger charge is -2.10. The third-order valence-corrected chi connectivity index (χ3v) is 3.08. The molecule has 0 aliphatic carbocycles. The van der Waals surface area contributed by atoms with E-state index < -0.39 is 5.97 Å². The maximum absolute atomic E-state index is 10.6. The molecule has 1 aromatic carbocycles. The highest BCUT2D eigenvalue weighted by atomic mass is 16.5. The number of hydrogen-bond donors (Lipinski definition) is 1. The van der Waals surface area contributed by atoms with Crippen LogP contribution in [-0.4, -0.2) is 24.8 Å². The lowest BCUT2D eigenvalue weighted by atomic mass is 10.1. The lowest BCUT2D eigenvalue weighted by Crippen LogP contribution is -2.00. The molecule has 1 rings (SSSR count). The lowest BCUT2D eigenvalue weighted by molar-refractivity contribution is -0.131. The second-order valence-corrected chi connectivity index (χ2v) is 5.32. The van der Waals surface area contributed by atoms with Gasteiger partial charge >= 0.3 is 5.97 Å². The van der Waals surface area contributed by atoms with Crippen molar-refractivity contribution in [3.63, 3.8) is 0 Å². The van der Waals surface area contributed by atoms with Gasteiger partial charge in [0.15, 0.2) is 0 Å². The SMILES string of the molecule is COc1ccc(C=CC(=O)O)c(COCCCC(C)C)c1. The van der Waals surface area contributed by atoms with Crippen molar-refractivity contribution >= 4 is 12.0 Å². The highest BCUT2D eigenvalue weighted by Gasteiger charge is 2.04. The van der Waals surface area contributed by atoms with Gasteiger partial charge in [-0.25, -0.2) is 4.79 Å². The van der Waals surface area contributed by atoms with Crippen molar-refractivity contribution in [2.45, 2.75) is 33.3 Å². The zero-order chi connectivity index (χ0) is 15.7. The Kier molecular flexibility index (Phi) is 7.54. The number of aliphatic carboxylic acids is 1. The van der Waals surface area contributed by atoms with E-state index in [1.165, 1.54) is 0 Å². The average Bonchev–Trinajstić information content (AvgIpc) is 2.44. The highest BCUT2D eigenvalue weighted by molar-refractivity contribution is 5.85. The van der Waals surface area contributed by atoms with E-state index in [-0.39, 0.29) is 0 Å². The molecule has 4 heteroatoms. The number of carbonyl (C=O) groups is 1. The summed E-state index contributed by atoms with van der Waals surface area (Å²) in [6.45, 7) is 5.54. The van der Waals surface area contributed by atoms with Gasteiger partial charge in [0, 0.05) is 12.7 Å². The first kappa shape index (κ1) is 17.2.